The Hall–Kier alpha value is 0.797. The van der Waals surface area contributed by atoms with Gasteiger partial charge >= 0.3 is 0 Å². The molecule has 0 saturated carbocycles. The van der Waals surface area contributed by atoms with E-state index < -0.39 is 6.69 Å². The molecule has 0 aliphatic rings. The van der Waals surface area contributed by atoms with E-state index in [1.54, 1.807) is 0 Å². The summed E-state index contributed by atoms with van der Waals surface area (Å²) in [5, 5.41) is 0. The van der Waals surface area contributed by atoms with Crippen molar-refractivity contribution in [3.8, 4) is 0 Å². The molecule has 80 valence electrons. The molecule has 0 rings (SSSR count). The van der Waals surface area contributed by atoms with Gasteiger partial charge in [-0.05, 0) is 23.9 Å². The van der Waals surface area contributed by atoms with Crippen LogP contribution in [0.3, 0.4) is 0 Å². The third kappa shape index (κ3) is 6.81. The summed E-state index contributed by atoms with van der Waals surface area (Å²) in [6, 6.07) is 2.11. The topological polar surface area (TPSA) is 0 Å². The van der Waals surface area contributed by atoms with E-state index >= 15 is 0 Å². The Labute approximate surface area is 93.4 Å². The fraction of sp³-hybridized carbons (Fsp3) is 1.00. The first-order valence-corrected chi connectivity index (χ1v) is 9.72. The molecule has 0 aliphatic carbocycles. The van der Waals surface area contributed by atoms with Gasteiger partial charge in [0, 0.05) is 0 Å². The average Bonchev–Trinajstić information content (AvgIpc) is 2.02. The van der Waals surface area contributed by atoms with Crippen molar-refractivity contribution < 1.29 is 0 Å². The summed E-state index contributed by atoms with van der Waals surface area (Å²) in [4.78, 5) is 0. The molecule has 0 amide bonds. The lowest BCUT2D eigenvalue weighted by atomic mass is 10.1. The molecule has 2 unspecified atom stereocenters. The quantitative estimate of drug-likeness (QED) is 0.453. The molecule has 0 saturated heterocycles. The van der Waals surface area contributed by atoms with Gasteiger partial charge in [-0.25, -0.2) is 0 Å². The van der Waals surface area contributed by atoms with Gasteiger partial charge in [0.15, 0.2) is 0 Å². The Bertz CT molecular complexity index is 123. The van der Waals surface area contributed by atoms with Crippen molar-refractivity contribution in [2.45, 2.75) is 52.6 Å². The third-order valence-corrected chi connectivity index (χ3v) is 7.13. The van der Waals surface area contributed by atoms with Gasteiger partial charge in [-0.2, -0.15) is 0 Å². The molecule has 0 aliphatic heterocycles. The summed E-state index contributed by atoms with van der Waals surface area (Å²) >= 11 is 12.8. The van der Waals surface area contributed by atoms with E-state index in [9.17, 15) is 0 Å². The maximum absolute atomic E-state index is 6.39. The zero-order valence-corrected chi connectivity index (χ0v) is 11.8. The van der Waals surface area contributed by atoms with E-state index in [0.29, 0.717) is 11.8 Å². The fourth-order valence-corrected chi connectivity index (χ4v) is 7.34. The van der Waals surface area contributed by atoms with E-state index in [4.69, 9.17) is 22.2 Å². The molecule has 0 radical (unpaired) electrons. The molecule has 13 heavy (non-hydrogen) atoms. The van der Waals surface area contributed by atoms with Crippen LogP contribution in [0.4, 0.5) is 0 Å². The van der Waals surface area contributed by atoms with Crippen LogP contribution in [0.1, 0.15) is 40.5 Å². The van der Waals surface area contributed by atoms with E-state index in [1.807, 2.05) is 0 Å². The van der Waals surface area contributed by atoms with Gasteiger partial charge < -0.3 is 0 Å². The Morgan fingerprint density at radius 1 is 0.923 bits per heavy atom. The Morgan fingerprint density at radius 2 is 1.23 bits per heavy atom. The van der Waals surface area contributed by atoms with Gasteiger partial charge in [-0.3, -0.25) is 0 Å². The van der Waals surface area contributed by atoms with Crippen LogP contribution in [-0.4, -0.2) is 6.69 Å². The van der Waals surface area contributed by atoms with Crippen molar-refractivity contribution in [3.63, 3.8) is 0 Å². The van der Waals surface area contributed by atoms with Crippen LogP contribution in [0.5, 0.6) is 0 Å². The van der Waals surface area contributed by atoms with Gasteiger partial charge in [0.1, 0.15) is 0 Å². The van der Waals surface area contributed by atoms with Crippen LogP contribution in [0, 0.1) is 11.8 Å². The van der Waals surface area contributed by atoms with Crippen LogP contribution in [0.2, 0.25) is 12.1 Å². The molecule has 0 aromatic heterocycles. The molecule has 0 N–H and O–H groups in total. The number of hydrogen-bond donors (Lipinski definition) is 0. The molecule has 2 atom stereocenters. The molecule has 0 heterocycles. The van der Waals surface area contributed by atoms with E-state index in [-0.39, 0.29) is 0 Å². The second-order valence-corrected chi connectivity index (χ2v) is 11.7. The Balaban J connectivity index is 3.92. The van der Waals surface area contributed by atoms with Crippen molar-refractivity contribution >= 4 is 28.9 Å². The summed E-state index contributed by atoms with van der Waals surface area (Å²) in [5.74, 6) is 1.37. The summed E-state index contributed by atoms with van der Waals surface area (Å²) in [5.41, 5.74) is 0. The minimum atomic E-state index is -1.93. The summed E-state index contributed by atoms with van der Waals surface area (Å²) in [6.45, 7) is 6.95. The Morgan fingerprint density at radius 3 is 1.46 bits per heavy atom. The van der Waals surface area contributed by atoms with Crippen molar-refractivity contribution in [2.75, 3.05) is 0 Å². The highest BCUT2D eigenvalue weighted by atomic mass is 35.7. The number of rotatable bonds is 6. The highest BCUT2D eigenvalue weighted by Gasteiger charge is 2.31. The zero-order valence-electron chi connectivity index (χ0n) is 9.24. The van der Waals surface area contributed by atoms with Crippen LogP contribution < -0.4 is 0 Å². The summed E-state index contributed by atoms with van der Waals surface area (Å²) in [6.07, 6.45) is 2.38. The van der Waals surface area contributed by atoms with E-state index in [2.05, 4.69) is 27.7 Å². The minimum absolute atomic E-state index is 0.686. The van der Waals surface area contributed by atoms with Crippen molar-refractivity contribution in [1.29, 1.82) is 0 Å². The first-order valence-electron chi connectivity index (χ1n) is 5.29. The van der Waals surface area contributed by atoms with Crippen LogP contribution in [0.15, 0.2) is 0 Å². The molecule has 0 aromatic rings. The first-order chi connectivity index (χ1) is 5.91. The van der Waals surface area contributed by atoms with Crippen LogP contribution in [0.25, 0.3) is 0 Å². The van der Waals surface area contributed by atoms with Gasteiger partial charge in [0.2, 0.25) is 0 Å². The largest absolute Gasteiger partial charge is 0.251 e. The SMILES string of the molecule is CCC(C)C[Si](Cl)(Cl)CC(C)CC. The smallest absolute Gasteiger partial charge is 0.146 e. The van der Waals surface area contributed by atoms with Gasteiger partial charge in [0.25, 0.3) is 6.69 Å². The fourth-order valence-electron chi connectivity index (χ4n) is 1.39. The van der Waals surface area contributed by atoms with E-state index in [0.717, 1.165) is 12.1 Å². The normalized spacial score (nSPS) is 17.1. The average molecular weight is 241 g/mol. The molecule has 0 spiro atoms. The summed E-state index contributed by atoms with van der Waals surface area (Å²) < 4.78 is 0. The second-order valence-electron chi connectivity index (χ2n) is 4.29. The highest BCUT2D eigenvalue weighted by Crippen LogP contribution is 2.34. The van der Waals surface area contributed by atoms with Crippen LogP contribution >= 0.6 is 22.2 Å². The van der Waals surface area contributed by atoms with Crippen LogP contribution in [-0.2, 0) is 0 Å². The van der Waals surface area contributed by atoms with E-state index in [1.165, 1.54) is 12.8 Å². The predicted octanol–water partition coefficient (Wildman–Crippen LogP) is 5.00. The third-order valence-electron chi connectivity index (χ3n) is 2.69. The standard InChI is InChI=1S/C10H22Cl2Si/c1-5-9(3)7-13(11,12)8-10(4)6-2/h9-10H,5-8H2,1-4H3. The molecule has 3 heteroatoms. The molecular weight excluding hydrogens is 219 g/mol. The van der Waals surface area contributed by atoms with Gasteiger partial charge in [-0.1, -0.05) is 40.5 Å². The summed E-state index contributed by atoms with van der Waals surface area (Å²) in [7, 11) is 0. The molecule has 0 nitrogen and oxygen atoms in total. The highest BCUT2D eigenvalue weighted by molar-refractivity contribution is 7.45. The monoisotopic (exact) mass is 240 g/mol. The number of hydrogen-bond acceptors (Lipinski definition) is 0. The molecule has 0 fully saturated rings. The van der Waals surface area contributed by atoms with Crippen molar-refractivity contribution in [3.05, 3.63) is 0 Å². The molecule has 0 aromatic carbocycles. The Kier molecular flexibility index (Phi) is 6.70. The van der Waals surface area contributed by atoms with Gasteiger partial charge in [0.05, 0.1) is 0 Å². The minimum Gasteiger partial charge on any atom is -0.146 e. The lowest BCUT2D eigenvalue weighted by Gasteiger charge is -2.23. The second kappa shape index (κ2) is 6.31. The van der Waals surface area contributed by atoms with Crippen molar-refractivity contribution in [2.24, 2.45) is 11.8 Å². The zero-order chi connectivity index (χ0) is 10.5. The number of halogens is 2. The molecule has 0 bridgehead atoms. The molecular formula is C10H22Cl2Si. The maximum atomic E-state index is 6.39. The van der Waals surface area contributed by atoms with Gasteiger partial charge in [-0.15, -0.1) is 22.2 Å². The lowest BCUT2D eigenvalue weighted by molar-refractivity contribution is 0.594. The lowest BCUT2D eigenvalue weighted by Crippen LogP contribution is -2.24. The van der Waals surface area contributed by atoms with Crippen molar-refractivity contribution in [1.82, 2.24) is 0 Å². The first kappa shape index (κ1) is 13.8. The predicted molar refractivity (Wildman–Crippen MR) is 66.0 cm³/mol. The maximum Gasteiger partial charge on any atom is 0.251 e.